The zero-order valence-electron chi connectivity index (χ0n) is 43.1. The number of allylic oxidation sites excluding steroid dienone is 9. The summed E-state index contributed by atoms with van der Waals surface area (Å²) in [4.78, 5) is 26.2. The third-order valence-corrected chi connectivity index (χ3v) is 12.6. The van der Waals surface area contributed by atoms with E-state index in [-0.39, 0.29) is 24.9 Å². The predicted molar refractivity (Wildman–Crippen MR) is 282 cm³/mol. The minimum atomic E-state index is -0.812. The van der Waals surface area contributed by atoms with Crippen molar-refractivity contribution in [2.45, 2.75) is 296 Å². The number of nitrogens with one attached hydrogen (secondary N) is 1. The van der Waals surface area contributed by atoms with Crippen molar-refractivity contribution < 1.29 is 24.5 Å². The first-order valence-electron chi connectivity index (χ1n) is 28.0. The third kappa shape index (κ3) is 47.8. The van der Waals surface area contributed by atoms with Gasteiger partial charge in [0.25, 0.3) is 0 Å². The molecule has 0 aromatic carbocycles. The number of carbonyl (C=O) groups is 2. The van der Waals surface area contributed by atoms with E-state index in [0.717, 1.165) is 70.6 Å². The average molecular weight is 911 g/mol. The summed E-state index contributed by atoms with van der Waals surface area (Å²) < 4.78 is 5.89. The van der Waals surface area contributed by atoms with Crippen LogP contribution in [0.1, 0.15) is 278 Å². The molecule has 0 aromatic heterocycles. The summed E-state index contributed by atoms with van der Waals surface area (Å²) in [5.41, 5.74) is 0. The zero-order chi connectivity index (χ0) is 47.4. The Hall–Kier alpha value is -2.44. The van der Waals surface area contributed by atoms with Crippen molar-refractivity contribution in [1.29, 1.82) is 0 Å². The Labute approximate surface area is 403 Å². The number of hydrogen-bond donors (Lipinski definition) is 3. The molecule has 0 rings (SSSR count). The fourth-order valence-corrected chi connectivity index (χ4v) is 8.40. The van der Waals surface area contributed by atoms with Gasteiger partial charge in [0.2, 0.25) is 5.91 Å². The fourth-order valence-electron chi connectivity index (χ4n) is 8.40. The van der Waals surface area contributed by atoms with Crippen LogP contribution < -0.4 is 5.32 Å². The molecule has 1 amide bonds. The summed E-state index contributed by atoms with van der Waals surface area (Å²) in [5.74, 6) is -0.570. The van der Waals surface area contributed by atoms with E-state index in [0.29, 0.717) is 19.3 Å². The normalized spacial score (nSPS) is 13.6. The highest BCUT2D eigenvalue weighted by molar-refractivity contribution is 5.77. The van der Waals surface area contributed by atoms with Crippen LogP contribution in [-0.4, -0.2) is 46.9 Å². The van der Waals surface area contributed by atoms with Gasteiger partial charge in [-0.05, 0) is 44.9 Å². The lowest BCUT2D eigenvalue weighted by Crippen LogP contribution is -2.46. The highest BCUT2D eigenvalue weighted by Gasteiger charge is 2.23. The Morgan fingerprint density at radius 1 is 0.462 bits per heavy atom. The molecule has 0 fully saturated rings. The predicted octanol–water partition coefficient (Wildman–Crippen LogP) is 17.2. The molecule has 0 saturated carbocycles. The van der Waals surface area contributed by atoms with Gasteiger partial charge in [0.05, 0.1) is 25.2 Å². The van der Waals surface area contributed by atoms with Gasteiger partial charge in [-0.25, -0.2) is 0 Å². The van der Waals surface area contributed by atoms with Crippen LogP contribution in [0.4, 0.5) is 0 Å². The number of aliphatic hydroxyl groups is 2. The van der Waals surface area contributed by atoms with Crippen molar-refractivity contribution >= 4 is 11.9 Å². The second-order valence-corrected chi connectivity index (χ2v) is 19.0. The lowest BCUT2D eigenvalue weighted by molar-refractivity contribution is -0.150. The first-order valence-corrected chi connectivity index (χ1v) is 28.0. The monoisotopic (exact) mass is 910 g/mol. The van der Waals surface area contributed by atoms with E-state index in [4.69, 9.17) is 4.74 Å². The first-order chi connectivity index (χ1) is 32.0. The van der Waals surface area contributed by atoms with Crippen LogP contribution >= 0.6 is 0 Å². The number of carbonyl (C=O) groups excluding carboxylic acids is 2. The highest BCUT2D eigenvalue weighted by Crippen LogP contribution is 2.17. The summed E-state index contributed by atoms with van der Waals surface area (Å²) in [6, 6.07) is -0.732. The lowest BCUT2D eigenvalue weighted by atomic mass is 10.0. The molecule has 0 radical (unpaired) electrons. The van der Waals surface area contributed by atoms with Gasteiger partial charge in [-0.2, -0.15) is 0 Å². The van der Waals surface area contributed by atoms with Crippen molar-refractivity contribution in [2.24, 2.45) is 0 Å². The van der Waals surface area contributed by atoms with Crippen LogP contribution in [0.25, 0.3) is 0 Å². The first kappa shape index (κ1) is 62.6. The quantitative estimate of drug-likeness (QED) is 0.0321. The Morgan fingerprint density at radius 3 is 1.17 bits per heavy atom. The van der Waals surface area contributed by atoms with Crippen molar-refractivity contribution in [3.8, 4) is 0 Å². The second kappa shape index (κ2) is 52.5. The van der Waals surface area contributed by atoms with Gasteiger partial charge in [0.15, 0.2) is 0 Å². The third-order valence-electron chi connectivity index (χ3n) is 12.6. The largest absolute Gasteiger partial charge is 0.461 e. The van der Waals surface area contributed by atoms with Crippen molar-refractivity contribution in [1.82, 2.24) is 5.32 Å². The standard InChI is InChI=1S/C59H107NO5/c1-4-7-10-13-16-19-22-25-28-31-34-37-40-43-46-49-52-59(64)65-55(50-47-44-41-38-35-32-29-26-23-20-17-14-11-8-5-2)53-58(63)60-56(54-61)57(62)51-48-45-42-39-36-33-30-27-24-21-18-15-12-9-6-3/h8,11,17,20,26,29,35,38,44,47,55-57,61-62H,4-7,9-10,12-16,18-19,21-25,27-28,30-34,36-37,39-43,45-46,48-54H2,1-3H3,(H,60,63)/b11-8-,20-17-,29-26-,38-35-,47-44-. The Balaban J connectivity index is 4.65. The van der Waals surface area contributed by atoms with Crippen LogP contribution in [0.2, 0.25) is 0 Å². The fraction of sp³-hybridized carbons (Fsp3) is 0.797. The number of rotatable bonds is 50. The molecule has 0 aliphatic carbocycles. The maximum absolute atomic E-state index is 13.2. The highest BCUT2D eigenvalue weighted by atomic mass is 16.5. The average Bonchev–Trinajstić information content (AvgIpc) is 3.30. The van der Waals surface area contributed by atoms with E-state index in [1.165, 1.54) is 161 Å². The Kier molecular flexibility index (Phi) is 50.6. The van der Waals surface area contributed by atoms with Gasteiger partial charge in [-0.3, -0.25) is 9.59 Å². The van der Waals surface area contributed by atoms with Crippen LogP contribution in [0.3, 0.4) is 0 Å². The van der Waals surface area contributed by atoms with E-state index in [1.54, 1.807) is 0 Å². The van der Waals surface area contributed by atoms with Gasteiger partial charge in [0, 0.05) is 12.8 Å². The van der Waals surface area contributed by atoms with E-state index in [2.05, 4.69) is 80.8 Å². The summed E-state index contributed by atoms with van der Waals surface area (Å²) >= 11 is 0. The molecule has 0 heterocycles. The number of unbranched alkanes of at least 4 members (excludes halogenated alkanes) is 29. The molecule has 0 aliphatic heterocycles. The maximum atomic E-state index is 13.2. The molecule has 0 saturated heterocycles. The van der Waals surface area contributed by atoms with Gasteiger partial charge < -0.3 is 20.3 Å². The molecule has 3 atom stereocenters. The van der Waals surface area contributed by atoms with E-state index in [9.17, 15) is 19.8 Å². The van der Waals surface area contributed by atoms with E-state index in [1.807, 2.05) is 6.08 Å². The molecular formula is C59H107NO5. The minimum Gasteiger partial charge on any atom is -0.461 e. The van der Waals surface area contributed by atoms with Gasteiger partial charge >= 0.3 is 5.97 Å². The number of amides is 1. The summed E-state index contributed by atoms with van der Waals surface area (Å²) in [6.45, 7) is 6.37. The summed E-state index contributed by atoms with van der Waals surface area (Å²) in [7, 11) is 0. The lowest BCUT2D eigenvalue weighted by Gasteiger charge is -2.24. The molecule has 6 nitrogen and oxygen atoms in total. The van der Waals surface area contributed by atoms with Crippen LogP contribution in [0.5, 0.6) is 0 Å². The van der Waals surface area contributed by atoms with Crippen LogP contribution in [0.15, 0.2) is 60.8 Å². The second-order valence-electron chi connectivity index (χ2n) is 19.0. The summed E-state index contributed by atoms with van der Waals surface area (Å²) in [5, 5.41) is 23.8. The Bertz CT molecular complexity index is 1160. The molecule has 0 bridgehead atoms. The molecule has 65 heavy (non-hydrogen) atoms. The summed E-state index contributed by atoms with van der Waals surface area (Å²) in [6.07, 6.45) is 65.9. The number of esters is 1. The molecule has 3 N–H and O–H groups in total. The number of hydrogen-bond acceptors (Lipinski definition) is 5. The Morgan fingerprint density at radius 2 is 0.800 bits per heavy atom. The topological polar surface area (TPSA) is 95.9 Å². The smallest absolute Gasteiger partial charge is 0.306 e. The van der Waals surface area contributed by atoms with Crippen LogP contribution in [-0.2, 0) is 14.3 Å². The molecule has 6 heteroatoms. The molecule has 378 valence electrons. The SMILES string of the molecule is CC/C=C\C/C=C\C/C=C\C/C=C\C/C=C\CC(CC(=O)NC(CO)C(O)CCCCCCCCCCCCCCCCC)OC(=O)CCCCCCCCCCCCCCCCCC. The minimum absolute atomic E-state index is 0.00118. The molecule has 0 spiro atoms. The molecular weight excluding hydrogens is 803 g/mol. The molecule has 3 unspecified atom stereocenters. The molecule has 0 aromatic rings. The van der Waals surface area contributed by atoms with Crippen molar-refractivity contribution in [2.75, 3.05) is 6.61 Å². The van der Waals surface area contributed by atoms with Gasteiger partial charge in [-0.15, -0.1) is 0 Å². The van der Waals surface area contributed by atoms with Gasteiger partial charge in [0.1, 0.15) is 6.10 Å². The van der Waals surface area contributed by atoms with Crippen LogP contribution in [0, 0.1) is 0 Å². The zero-order valence-corrected chi connectivity index (χ0v) is 43.1. The van der Waals surface area contributed by atoms with Crippen molar-refractivity contribution in [3.05, 3.63) is 60.8 Å². The van der Waals surface area contributed by atoms with Crippen molar-refractivity contribution in [3.63, 3.8) is 0 Å². The maximum Gasteiger partial charge on any atom is 0.306 e. The van der Waals surface area contributed by atoms with Gasteiger partial charge in [-0.1, -0.05) is 274 Å². The number of aliphatic hydroxyl groups excluding tert-OH is 2. The van der Waals surface area contributed by atoms with E-state index >= 15 is 0 Å². The molecule has 0 aliphatic rings. The number of ether oxygens (including phenoxy) is 1. The van der Waals surface area contributed by atoms with E-state index < -0.39 is 18.2 Å².